The fraction of sp³-hybridized carbons (Fsp3) is 0.333. The van der Waals surface area contributed by atoms with Crippen molar-refractivity contribution in [3.05, 3.63) is 29.8 Å². The van der Waals surface area contributed by atoms with E-state index in [0.29, 0.717) is 23.6 Å². The summed E-state index contributed by atoms with van der Waals surface area (Å²) >= 11 is 5.52. The molecule has 0 aliphatic rings. The van der Waals surface area contributed by atoms with Crippen LogP contribution in [0.2, 0.25) is 0 Å². The molecule has 0 radical (unpaired) electrons. The maximum absolute atomic E-state index is 11.5. The molecule has 1 aromatic rings. The zero-order chi connectivity index (χ0) is 12.7. The smallest absolute Gasteiger partial charge is 0.248 e. The van der Waals surface area contributed by atoms with Gasteiger partial charge in [-0.3, -0.25) is 9.59 Å². The molecule has 17 heavy (non-hydrogen) atoms. The summed E-state index contributed by atoms with van der Waals surface area (Å²) in [6, 6.07) is 6.46. The molecule has 0 unspecified atom stereocenters. The second-order valence-corrected chi connectivity index (χ2v) is 4.01. The van der Waals surface area contributed by atoms with E-state index >= 15 is 0 Å². The van der Waals surface area contributed by atoms with E-state index < -0.39 is 5.91 Å². The molecule has 0 aromatic heterocycles. The second-order valence-electron chi connectivity index (χ2n) is 3.64. The van der Waals surface area contributed by atoms with Gasteiger partial charge < -0.3 is 11.1 Å². The monoisotopic (exact) mass is 254 g/mol. The number of amides is 2. The van der Waals surface area contributed by atoms with Crippen molar-refractivity contribution < 1.29 is 9.59 Å². The predicted molar refractivity (Wildman–Crippen MR) is 68.2 cm³/mol. The number of benzene rings is 1. The number of halogens is 1. The first-order valence-corrected chi connectivity index (χ1v) is 5.92. The SMILES string of the molecule is NC(=O)c1ccc(NC(=O)CCCCCl)cc1. The molecule has 0 bridgehead atoms. The van der Waals surface area contributed by atoms with Crippen LogP contribution >= 0.6 is 11.6 Å². The van der Waals surface area contributed by atoms with Crippen molar-refractivity contribution in [2.45, 2.75) is 19.3 Å². The van der Waals surface area contributed by atoms with Crippen molar-refractivity contribution in [2.75, 3.05) is 11.2 Å². The lowest BCUT2D eigenvalue weighted by Gasteiger charge is -2.05. The molecule has 2 amide bonds. The van der Waals surface area contributed by atoms with E-state index in [-0.39, 0.29) is 5.91 Å². The first-order chi connectivity index (χ1) is 8.13. The van der Waals surface area contributed by atoms with Gasteiger partial charge in [-0.2, -0.15) is 0 Å². The number of rotatable bonds is 6. The van der Waals surface area contributed by atoms with Crippen LogP contribution in [-0.4, -0.2) is 17.7 Å². The molecule has 0 fully saturated rings. The van der Waals surface area contributed by atoms with Crippen LogP contribution in [0.1, 0.15) is 29.6 Å². The number of nitrogens with two attached hydrogens (primary N) is 1. The number of hydrogen-bond acceptors (Lipinski definition) is 2. The van der Waals surface area contributed by atoms with E-state index in [1.807, 2.05) is 0 Å². The molecule has 0 atom stereocenters. The Balaban J connectivity index is 2.46. The lowest BCUT2D eigenvalue weighted by molar-refractivity contribution is -0.116. The minimum Gasteiger partial charge on any atom is -0.366 e. The summed E-state index contributed by atoms with van der Waals surface area (Å²) in [5.41, 5.74) is 6.19. The van der Waals surface area contributed by atoms with Gasteiger partial charge >= 0.3 is 0 Å². The molecule has 5 heteroatoms. The van der Waals surface area contributed by atoms with Crippen LogP contribution in [0.3, 0.4) is 0 Å². The van der Waals surface area contributed by atoms with E-state index in [4.69, 9.17) is 17.3 Å². The number of hydrogen-bond donors (Lipinski definition) is 2. The highest BCUT2D eigenvalue weighted by Gasteiger charge is 2.03. The van der Waals surface area contributed by atoms with Crippen LogP contribution in [-0.2, 0) is 4.79 Å². The Morgan fingerprint density at radius 2 is 1.82 bits per heavy atom. The topological polar surface area (TPSA) is 72.2 Å². The molecule has 0 saturated carbocycles. The third-order valence-electron chi connectivity index (χ3n) is 2.24. The molecule has 0 aliphatic heterocycles. The molecule has 1 rings (SSSR count). The van der Waals surface area contributed by atoms with Gasteiger partial charge in [0.2, 0.25) is 11.8 Å². The van der Waals surface area contributed by atoms with Crippen molar-refractivity contribution in [3.8, 4) is 0 Å². The molecule has 1 aromatic carbocycles. The van der Waals surface area contributed by atoms with E-state index in [9.17, 15) is 9.59 Å². The zero-order valence-electron chi connectivity index (χ0n) is 9.41. The highest BCUT2D eigenvalue weighted by Crippen LogP contribution is 2.10. The fourth-order valence-electron chi connectivity index (χ4n) is 1.32. The molecular formula is C12H15ClN2O2. The minimum atomic E-state index is -0.481. The highest BCUT2D eigenvalue weighted by molar-refractivity contribution is 6.17. The summed E-state index contributed by atoms with van der Waals surface area (Å²) in [4.78, 5) is 22.3. The van der Waals surface area contributed by atoms with E-state index in [2.05, 4.69) is 5.32 Å². The molecule has 3 N–H and O–H groups in total. The summed E-state index contributed by atoms with van der Waals surface area (Å²) in [5.74, 6) is 0.0348. The van der Waals surface area contributed by atoms with Crippen LogP contribution in [0.15, 0.2) is 24.3 Å². The number of alkyl halides is 1. The number of carbonyl (C=O) groups excluding carboxylic acids is 2. The Hall–Kier alpha value is -1.55. The van der Waals surface area contributed by atoms with Crippen LogP contribution in [0, 0.1) is 0 Å². The van der Waals surface area contributed by atoms with Gasteiger partial charge in [0, 0.05) is 23.6 Å². The largest absolute Gasteiger partial charge is 0.366 e. The summed E-state index contributed by atoms with van der Waals surface area (Å²) in [7, 11) is 0. The van der Waals surface area contributed by atoms with Crippen molar-refractivity contribution >= 4 is 29.1 Å². The van der Waals surface area contributed by atoms with Crippen molar-refractivity contribution in [2.24, 2.45) is 5.73 Å². The van der Waals surface area contributed by atoms with Crippen LogP contribution in [0.25, 0.3) is 0 Å². The van der Waals surface area contributed by atoms with Crippen molar-refractivity contribution in [3.63, 3.8) is 0 Å². The van der Waals surface area contributed by atoms with Gasteiger partial charge in [-0.25, -0.2) is 0 Å². The maximum Gasteiger partial charge on any atom is 0.248 e. The molecule has 4 nitrogen and oxygen atoms in total. The molecule has 0 saturated heterocycles. The number of nitrogens with one attached hydrogen (secondary N) is 1. The van der Waals surface area contributed by atoms with Gasteiger partial charge in [0.25, 0.3) is 0 Å². The first-order valence-electron chi connectivity index (χ1n) is 5.39. The molecular weight excluding hydrogens is 240 g/mol. The maximum atomic E-state index is 11.5. The third-order valence-corrected chi connectivity index (χ3v) is 2.51. The van der Waals surface area contributed by atoms with Gasteiger partial charge in [0.05, 0.1) is 0 Å². The number of primary amides is 1. The average Bonchev–Trinajstić information content (AvgIpc) is 2.30. The predicted octanol–water partition coefficient (Wildman–Crippen LogP) is 2.13. The summed E-state index contributed by atoms with van der Waals surface area (Å²) in [5, 5.41) is 2.73. The first kappa shape index (κ1) is 13.5. The Kier molecular flexibility index (Phi) is 5.49. The Labute approximate surface area is 105 Å². The summed E-state index contributed by atoms with van der Waals surface area (Å²) in [6.07, 6.45) is 2.05. The van der Waals surface area contributed by atoms with Gasteiger partial charge in [0.15, 0.2) is 0 Å². The Bertz CT molecular complexity index is 390. The van der Waals surface area contributed by atoms with E-state index in [0.717, 1.165) is 12.8 Å². The summed E-state index contributed by atoms with van der Waals surface area (Å²) < 4.78 is 0. The molecule has 0 spiro atoms. The highest BCUT2D eigenvalue weighted by atomic mass is 35.5. The van der Waals surface area contributed by atoms with E-state index in [1.165, 1.54) is 0 Å². The van der Waals surface area contributed by atoms with Crippen molar-refractivity contribution in [1.29, 1.82) is 0 Å². The molecule has 92 valence electrons. The standard InChI is InChI=1S/C12H15ClN2O2/c13-8-2-1-3-11(16)15-10-6-4-9(5-7-10)12(14)17/h4-7H,1-3,8H2,(H2,14,17)(H,15,16). The van der Waals surface area contributed by atoms with Gasteiger partial charge in [0.1, 0.15) is 0 Å². The lowest BCUT2D eigenvalue weighted by atomic mass is 10.2. The number of unbranched alkanes of at least 4 members (excludes halogenated alkanes) is 1. The summed E-state index contributed by atoms with van der Waals surface area (Å²) in [6.45, 7) is 0. The molecule has 0 aliphatic carbocycles. The fourth-order valence-corrected chi connectivity index (χ4v) is 1.51. The lowest BCUT2D eigenvalue weighted by Crippen LogP contribution is -2.13. The van der Waals surface area contributed by atoms with Gasteiger partial charge in [-0.15, -0.1) is 11.6 Å². The Morgan fingerprint density at radius 3 is 2.35 bits per heavy atom. The molecule has 0 heterocycles. The van der Waals surface area contributed by atoms with Gasteiger partial charge in [-0.05, 0) is 37.1 Å². The Morgan fingerprint density at radius 1 is 1.18 bits per heavy atom. The number of anilines is 1. The normalized spacial score (nSPS) is 9.94. The van der Waals surface area contributed by atoms with Crippen LogP contribution in [0.5, 0.6) is 0 Å². The minimum absolute atomic E-state index is 0.0538. The second kappa shape index (κ2) is 6.91. The van der Waals surface area contributed by atoms with Gasteiger partial charge in [-0.1, -0.05) is 0 Å². The van der Waals surface area contributed by atoms with E-state index in [1.54, 1.807) is 24.3 Å². The third kappa shape index (κ3) is 4.87. The van der Waals surface area contributed by atoms with Crippen LogP contribution < -0.4 is 11.1 Å². The zero-order valence-corrected chi connectivity index (χ0v) is 10.2. The quantitative estimate of drug-likeness (QED) is 0.603. The number of carbonyl (C=O) groups is 2. The van der Waals surface area contributed by atoms with Crippen LogP contribution in [0.4, 0.5) is 5.69 Å². The average molecular weight is 255 g/mol. The van der Waals surface area contributed by atoms with Crippen molar-refractivity contribution in [1.82, 2.24) is 0 Å².